The number of rotatable bonds is 8. The van der Waals surface area contributed by atoms with Gasteiger partial charge in [-0.25, -0.2) is 4.79 Å². The van der Waals surface area contributed by atoms with Gasteiger partial charge in [0.2, 0.25) is 0 Å². The largest absolute Gasteiger partial charge is 0.384 e. The number of H-pyrrole nitrogens is 1. The third-order valence-corrected chi connectivity index (χ3v) is 6.78. The molecular formula is C21H24ClN7O3S. The lowest BCUT2D eigenvalue weighted by molar-refractivity contribution is 0.102. The fourth-order valence-corrected chi connectivity index (χ4v) is 4.40. The molecule has 0 saturated heterocycles. The number of aromatic nitrogens is 5. The lowest BCUT2D eigenvalue weighted by Crippen LogP contribution is -2.36. The SMILES string of the molecule is CC(c1nnc(SCC(=O)c2c(N)n(C3CC3)c(=O)[nH]c2=O)n1-c1ccc(Cl)cc1)N(C)C. The molecule has 1 aliphatic carbocycles. The number of nitrogens with zero attached hydrogens (tertiary/aromatic N) is 5. The number of carbonyl (C=O) groups is 1. The Labute approximate surface area is 198 Å². The maximum Gasteiger partial charge on any atom is 0.330 e. The Bertz CT molecular complexity index is 1310. The molecule has 1 atom stereocenters. The summed E-state index contributed by atoms with van der Waals surface area (Å²) in [5, 5.41) is 9.72. The van der Waals surface area contributed by atoms with Crippen molar-refractivity contribution in [3.05, 3.63) is 61.5 Å². The van der Waals surface area contributed by atoms with Crippen molar-refractivity contribution in [3.63, 3.8) is 0 Å². The summed E-state index contributed by atoms with van der Waals surface area (Å²) in [4.78, 5) is 41.7. The minimum absolute atomic E-state index is 0.0567. The molecule has 2 heterocycles. The molecule has 2 aromatic heterocycles. The quantitative estimate of drug-likeness (QED) is 0.364. The van der Waals surface area contributed by atoms with Gasteiger partial charge in [0, 0.05) is 16.8 Å². The van der Waals surface area contributed by atoms with E-state index in [4.69, 9.17) is 17.3 Å². The third-order valence-electron chi connectivity index (χ3n) is 5.60. The first-order chi connectivity index (χ1) is 15.7. The van der Waals surface area contributed by atoms with Crippen LogP contribution in [-0.2, 0) is 0 Å². The predicted molar refractivity (Wildman–Crippen MR) is 128 cm³/mol. The van der Waals surface area contributed by atoms with Gasteiger partial charge in [0.05, 0.1) is 11.8 Å². The molecule has 1 saturated carbocycles. The highest BCUT2D eigenvalue weighted by Gasteiger charge is 2.30. The van der Waals surface area contributed by atoms with E-state index in [0.717, 1.165) is 30.3 Å². The molecule has 0 bridgehead atoms. The van der Waals surface area contributed by atoms with Gasteiger partial charge in [-0.1, -0.05) is 23.4 Å². The smallest absolute Gasteiger partial charge is 0.330 e. The average Bonchev–Trinajstić information content (AvgIpc) is 3.50. The number of Topliss-reactive ketones (excluding diaryl/α,β-unsaturated/α-hetero) is 1. The zero-order valence-corrected chi connectivity index (χ0v) is 20.0. The summed E-state index contributed by atoms with van der Waals surface area (Å²) in [6, 6.07) is 7.09. The molecule has 1 fully saturated rings. The van der Waals surface area contributed by atoms with Crippen molar-refractivity contribution in [1.29, 1.82) is 0 Å². The number of aromatic amines is 1. The van der Waals surface area contributed by atoms with Crippen molar-refractivity contribution in [2.24, 2.45) is 0 Å². The van der Waals surface area contributed by atoms with E-state index < -0.39 is 17.0 Å². The van der Waals surface area contributed by atoms with Gasteiger partial charge in [0.15, 0.2) is 16.8 Å². The standard InChI is InChI=1S/C21H24ClN7O3S/c1-11(27(2)3)18-25-26-21(29(18)14-6-4-12(22)5-7-14)33-10-15(30)16-17(23)28(13-8-9-13)20(32)24-19(16)31/h4-7,11,13H,8-10,23H2,1-3H3,(H,24,31,32). The number of hydrogen-bond acceptors (Lipinski definition) is 8. The first-order valence-electron chi connectivity index (χ1n) is 10.4. The second-order valence-electron chi connectivity index (χ2n) is 8.12. The van der Waals surface area contributed by atoms with E-state index >= 15 is 0 Å². The van der Waals surface area contributed by atoms with Gasteiger partial charge >= 0.3 is 5.69 Å². The number of ketones is 1. The van der Waals surface area contributed by atoms with E-state index in [9.17, 15) is 14.4 Å². The Morgan fingerprint density at radius 1 is 1.27 bits per heavy atom. The molecule has 0 amide bonds. The van der Waals surface area contributed by atoms with Crippen LogP contribution < -0.4 is 17.0 Å². The summed E-state index contributed by atoms with van der Waals surface area (Å²) in [6.07, 6.45) is 1.57. The van der Waals surface area contributed by atoms with Crippen molar-refractivity contribution in [3.8, 4) is 5.69 Å². The van der Waals surface area contributed by atoms with Crippen LogP contribution in [-0.4, -0.2) is 54.8 Å². The Morgan fingerprint density at radius 2 is 1.94 bits per heavy atom. The van der Waals surface area contributed by atoms with E-state index in [1.165, 1.54) is 4.57 Å². The molecule has 1 unspecified atom stereocenters. The maximum absolute atomic E-state index is 13.0. The average molecular weight is 490 g/mol. The molecular weight excluding hydrogens is 466 g/mol. The summed E-state index contributed by atoms with van der Waals surface area (Å²) in [5.74, 6) is 0.0222. The maximum atomic E-state index is 13.0. The third kappa shape index (κ3) is 4.61. The van der Waals surface area contributed by atoms with Crippen LogP contribution in [0.4, 0.5) is 5.82 Å². The number of nitrogens with one attached hydrogen (secondary N) is 1. The number of carbonyl (C=O) groups excluding carboxylic acids is 1. The van der Waals surface area contributed by atoms with Crippen molar-refractivity contribution >= 4 is 35.0 Å². The van der Waals surface area contributed by atoms with Crippen LogP contribution in [0.1, 0.15) is 48.0 Å². The molecule has 0 aliphatic heterocycles. The fourth-order valence-electron chi connectivity index (χ4n) is 3.44. The summed E-state index contributed by atoms with van der Waals surface area (Å²) in [6.45, 7) is 2.00. The van der Waals surface area contributed by atoms with Crippen LogP contribution in [0.15, 0.2) is 39.0 Å². The molecule has 12 heteroatoms. The molecule has 3 aromatic rings. The normalized spacial score (nSPS) is 14.6. The van der Waals surface area contributed by atoms with Gasteiger partial charge in [-0.05, 0) is 58.1 Å². The monoisotopic (exact) mass is 489 g/mol. The lowest BCUT2D eigenvalue weighted by Gasteiger charge is -2.20. The molecule has 33 heavy (non-hydrogen) atoms. The zero-order chi connectivity index (χ0) is 23.9. The summed E-state index contributed by atoms with van der Waals surface area (Å²) in [7, 11) is 3.87. The zero-order valence-electron chi connectivity index (χ0n) is 18.4. The van der Waals surface area contributed by atoms with E-state index in [1.807, 2.05) is 42.6 Å². The Balaban J connectivity index is 1.66. The van der Waals surface area contributed by atoms with Gasteiger partial charge < -0.3 is 5.73 Å². The van der Waals surface area contributed by atoms with Crippen molar-refractivity contribution < 1.29 is 4.79 Å². The topological polar surface area (TPSA) is 132 Å². The van der Waals surface area contributed by atoms with Crippen LogP contribution >= 0.6 is 23.4 Å². The number of thioether (sulfide) groups is 1. The molecule has 10 nitrogen and oxygen atoms in total. The molecule has 4 rings (SSSR count). The van der Waals surface area contributed by atoms with Gasteiger partial charge in [-0.2, -0.15) is 0 Å². The van der Waals surface area contributed by atoms with Gasteiger partial charge in [-0.15, -0.1) is 10.2 Å². The Morgan fingerprint density at radius 3 is 2.55 bits per heavy atom. The first-order valence-corrected chi connectivity index (χ1v) is 11.7. The molecule has 174 valence electrons. The Hall–Kier alpha value is -2.89. The van der Waals surface area contributed by atoms with Gasteiger partial charge in [0.1, 0.15) is 11.4 Å². The highest BCUT2D eigenvalue weighted by Crippen LogP contribution is 2.35. The predicted octanol–water partition coefficient (Wildman–Crippen LogP) is 2.29. The number of nitrogen functional groups attached to an aromatic ring is 1. The molecule has 0 spiro atoms. The fraction of sp³-hybridized carbons (Fsp3) is 0.381. The number of anilines is 1. The van der Waals surface area contributed by atoms with E-state index in [0.29, 0.717) is 16.0 Å². The molecule has 1 aromatic carbocycles. The second-order valence-corrected chi connectivity index (χ2v) is 9.50. The highest BCUT2D eigenvalue weighted by molar-refractivity contribution is 7.99. The Kier molecular flexibility index (Phi) is 6.46. The minimum atomic E-state index is -0.777. The minimum Gasteiger partial charge on any atom is -0.384 e. The number of hydrogen-bond donors (Lipinski definition) is 2. The van der Waals surface area contributed by atoms with Crippen molar-refractivity contribution in [2.75, 3.05) is 25.6 Å². The van der Waals surface area contributed by atoms with Crippen LogP contribution in [0.2, 0.25) is 5.02 Å². The number of nitrogens with two attached hydrogens (primary N) is 1. The van der Waals surface area contributed by atoms with Crippen LogP contribution in [0, 0.1) is 0 Å². The van der Waals surface area contributed by atoms with E-state index in [2.05, 4.69) is 15.2 Å². The van der Waals surface area contributed by atoms with Crippen molar-refractivity contribution in [1.82, 2.24) is 29.2 Å². The summed E-state index contributed by atoms with van der Waals surface area (Å²) in [5.41, 5.74) is 5.30. The van der Waals surface area contributed by atoms with Crippen LogP contribution in [0.3, 0.4) is 0 Å². The van der Waals surface area contributed by atoms with Gasteiger partial charge in [0.25, 0.3) is 5.56 Å². The summed E-state index contributed by atoms with van der Waals surface area (Å²) < 4.78 is 3.16. The number of halogens is 1. The number of benzene rings is 1. The highest BCUT2D eigenvalue weighted by atomic mass is 35.5. The summed E-state index contributed by atoms with van der Waals surface area (Å²) >= 11 is 7.19. The molecule has 0 radical (unpaired) electrons. The van der Waals surface area contributed by atoms with Crippen LogP contribution in [0.5, 0.6) is 0 Å². The van der Waals surface area contributed by atoms with Gasteiger partial charge in [-0.3, -0.25) is 28.6 Å². The van der Waals surface area contributed by atoms with E-state index in [-0.39, 0.29) is 29.2 Å². The van der Waals surface area contributed by atoms with Crippen LogP contribution in [0.25, 0.3) is 5.69 Å². The first kappa shape index (κ1) is 23.3. The lowest BCUT2D eigenvalue weighted by atomic mass is 10.2. The second kappa shape index (κ2) is 9.16. The molecule has 3 N–H and O–H groups in total. The van der Waals surface area contributed by atoms with Crippen molar-refractivity contribution in [2.45, 2.75) is 37.0 Å². The van der Waals surface area contributed by atoms with E-state index in [1.54, 1.807) is 12.1 Å². The molecule has 1 aliphatic rings.